The smallest absolute Gasteiger partial charge is 0.332 e. The molecule has 0 aliphatic carbocycles. The van der Waals surface area contributed by atoms with Crippen LogP contribution >= 0.6 is 0 Å². The zero-order chi connectivity index (χ0) is 8.69. The van der Waals surface area contributed by atoms with Crippen LogP contribution in [0.15, 0.2) is 0 Å². The Balaban J connectivity index is 3.30. The number of hydroxylamine groups is 1. The van der Waals surface area contributed by atoms with Crippen molar-refractivity contribution in [2.24, 2.45) is 5.73 Å². The fraction of sp³-hybridized carbons (Fsp3) is 0.667. The molecule has 0 bridgehead atoms. The summed E-state index contributed by atoms with van der Waals surface area (Å²) in [6.45, 7) is 2.10. The van der Waals surface area contributed by atoms with E-state index in [1.807, 2.05) is 0 Å². The molecule has 0 aliphatic heterocycles. The van der Waals surface area contributed by atoms with Crippen molar-refractivity contribution < 1.29 is 14.4 Å². The molecule has 64 valence electrons. The lowest BCUT2D eigenvalue weighted by Gasteiger charge is -2.01. The fourth-order valence-electron chi connectivity index (χ4n) is 0.430. The Morgan fingerprint density at radius 2 is 2.18 bits per heavy atom. The predicted molar refractivity (Wildman–Crippen MR) is 38.4 cm³/mol. The SMILES string of the molecule is CC(=O)CC(=O)ONCCN. The second-order valence-electron chi connectivity index (χ2n) is 2.04. The lowest BCUT2D eigenvalue weighted by molar-refractivity contribution is -0.152. The van der Waals surface area contributed by atoms with E-state index < -0.39 is 5.97 Å². The van der Waals surface area contributed by atoms with Gasteiger partial charge in [0.2, 0.25) is 0 Å². The summed E-state index contributed by atoms with van der Waals surface area (Å²) in [6, 6.07) is 0. The number of carbonyl (C=O) groups excluding carboxylic acids is 2. The van der Waals surface area contributed by atoms with E-state index in [4.69, 9.17) is 5.73 Å². The Morgan fingerprint density at radius 3 is 2.64 bits per heavy atom. The van der Waals surface area contributed by atoms with Gasteiger partial charge in [-0.05, 0) is 6.92 Å². The molecular formula is C6H12N2O3. The van der Waals surface area contributed by atoms with Crippen LogP contribution in [0.1, 0.15) is 13.3 Å². The van der Waals surface area contributed by atoms with Crippen molar-refractivity contribution in [1.82, 2.24) is 5.48 Å². The second kappa shape index (κ2) is 5.82. The molecule has 0 spiro atoms. The van der Waals surface area contributed by atoms with Gasteiger partial charge in [0.25, 0.3) is 0 Å². The third-order valence-corrected chi connectivity index (χ3v) is 0.826. The first-order valence-electron chi connectivity index (χ1n) is 3.29. The van der Waals surface area contributed by atoms with Crippen LogP contribution in [0.25, 0.3) is 0 Å². The molecule has 0 saturated carbocycles. The molecule has 0 aromatic carbocycles. The minimum Gasteiger partial charge on any atom is -0.370 e. The molecule has 0 heterocycles. The lowest BCUT2D eigenvalue weighted by Crippen LogP contribution is -2.26. The van der Waals surface area contributed by atoms with Gasteiger partial charge in [-0.2, -0.15) is 5.48 Å². The van der Waals surface area contributed by atoms with Gasteiger partial charge in [-0.25, -0.2) is 4.79 Å². The van der Waals surface area contributed by atoms with Gasteiger partial charge in [-0.3, -0.25) is 4.79 Å². The van der Waals surface area contributed by atoms with Crippen LogP contribution in [-0.2, 0) is 14.4 Å². The molecule has 0 unspecified atom stereocenters. The first-order valence-corrected chi connectivity index (χ1v) is 3.29. The highest BCUT2D eigenvalue weighted by atomic mass is 16.7. The number of hydrogen-bond donors (Lipinski definition) is 2. The van der Waals surface area contributed by atoms with Gasteiger partial charge in [-0.1, -0.05) is 0 Å². The molecular weight excluding hydrogens is 148 g/mol. The summed E-state index contributed by atoms with van der Waals surface area (Å²) in [5, 5.41) is 0. The van der Waals surface area contributed by atoms with Crippen LogP contribution in [0.4, 0.5) is 0 Å². The van der Waals surface area contributed by atoms with Gasteiger partial charge in [-0.15, -0.1) is 0 Å². The highest BCUT2D eigenvalue weighted by Crippen LogP contribution is 1.83. The third kappa shape index (κ3) is 6.95. The maximum absolute atomic E-state index is 10.6. The monoisotopic (exact) mass is 160 g/mol. The van der Waals surface area contributed by atoms with Crippen molar-refractivity contribution in [3.8, 4) is 0 Å². The average molecular weight is 160 g/mol. The number of carbonyl (C=O) groups is 2. The van der Waals surface area contributed by atoms with Gasteiger partial charge >= 0.3 is 5.97 Å². The maximum Gasteiger partial charge on any atom is 0.332 e. The molecule has 0 fully saturated rings. The predicted octanol–water partition coefficient (Wildman–Crippen LogP) is -1.03. The third-order valence-electron chi connectivity index (χ3n) is 0.826. The number of nitrogens with two attached hydrogens (primary N) is 1. The van der Waals surface area contributed by atoms with Crippen molar-refractivity contribution in [2.45, 2.75) is 13.3 Å². The van der Waals surface area contributed by atoms with E-state index in [-0.39, 0.29) is 12.2 Å². The van der Waals surface area contributed by atoms with E-state index in [1.54, 1.807) is 0 Å². The Kier molecular flexibility index (Phi) is 5.32. The molecule has 11 heavy (non-hydrogen) atoms. The highest BCUT2D eigenvalue weighted by Gasteiger charge is 2.04. The molecule has 0 rings (SSSR count). The molecule has 5 heteroatoms. The standard InChI is InChI=1S/C6H12N2O3/c1-5(9)4-6(10)11-8-3-2-7/h8H,2-4,7H2,1H3. The fourth-order valence-corrected chi connectivity index (χ4v) is 0.430. The minimum atomic E-state index is -0.578. The molecule has 0 radical (unpaired) electrons. The van der Waals surface area contributed by atoms with Crippen LogP contribution in [-0.4, -0.2) is 24.8 Å². The van der Waals surface area contributed by atoms with E-state index in [1.165, 1.54) is 6.92 Å². The number of Topliss-reactive ketones (excluding diaryl/α,β-unsaturated/α-hetero) is 1. The van der Waals surface area contributed by atoms with E-state index in [9.17, 15) is 9.59 Å². The van der Waals surface area contributed by atoms with Crippen molar-refractivity contribution in [3.63, 3.8) is 0 Å². The maximum atomic E-state index is 10.6. The van der Waals surface area contributed by atoms with Crippen LogP contribution in [0.2, 0.25) is 0 Å². The van der Waals surface area contributed by atoms with Gasteiger partial charge in [0.1, 0.15) is 12.2 Å². The summed E-state index contributed by atoms with van der Waals surface area (Å²) in [5.41, 5.74) is 7.41. The molecule has 0 aromatic rings. The quantitative estimate of drug-likeness (QED) is 0.305. The largest absolute Gasteiger partial charge is 0.370 e. The first-order chi connectivity index (χ1) is 5.16. The second-order valence-corrected chi connectivity index (χ2v) is 2.04. The summed E-state index contributed by atoms with van der Waals surface area (Å²) in [4.78, 5) is 25.3. The summed E-state index contributed by atoms with van der Waals surface area (Å²) >= 11 is 0. The van der Waals surface area contributed by atoms with Crippen molar-refractivity contribution in [3.05, 3.63) is 0 Å². The Bertz CT molecular complexity index is 147. The highest BCUT2D eigenvalue weighted by molar-refractivity contribution is 5.93. The van der Waals surface area contributed by atoms with Crippen LogP contribution in [0, 0.1) is 0 Å². The number of hydrogen-bond acceptors (Lipinski definition) is 5. The lowest BCUT2D eigenvalue weighted by atomic mass is 10.3. The first kappa shape index (κ1) is 10.1. The zero-order valence-electron chi connectivity index (χ0n) is 6.42. The normalized spacial score (nSPS) is 9.27. The van der Waals surface area contributed by atoms with Gasteiger partial charge < -0.3 is 10.6 Å². The molecule has 3 N–H and O–H groups in total. The van der Waals surface area contributed by atoms with Crippen molar-refractivity contribution in [2.75, 3.05) is 13.1 Å². The molecule has 0 aromatic heterocycles. The number of ketones is 1. The van der Waals surface area contributed by atoms with Crippen molar-refractivity contribution >= 4 is 11.8 Å². The summed E-state index contributed by atoms with van der Waals surface area (Å²) < 4.78 is 0. The van der Waals surface area contributed by atoms with E-state index in [0.717, 1.165) is 0 Å². The van der Waals surface area contributed by atoms with Crippen molar-refractivity contribution in [1.29, 1.82) is 0 Å². The molecule has 0 atom stereocenters. The van der Waals surface area contributed by atoms with Gasteiger partial charge in [0.15, 0.2) is 0 Å². The molecule has 5 nitrogen and oxygen atoms in total. The van der Waals surface area contributed by atoms with Gasteiger partial charge in [0.05, 0.1) is 0 Å². The Morgan fingerprint density at radius 1 is 1.55 bits per heavy atom. The minimum absolute atomic E-state index is 0.197. The van der Waals surface area contributed by atoms with Crippen LogP contribution in [0.3, 0.4) is 0 Å². The Labute approximate surface area is 64.8 Å². The summed E-state index contributed by atoms with van der Waals surface area (Å²) in [7, 11) is 0. The summed E-state index contributed by atoms with van der Waals surface area (Å²) in [6.07, 6.45) is -0.197. The van der Waals surface area contributed by atoms with E-state index >= 15 is 0 Å². The summed E-state index contributed by atoms with van der Waals surface area (Å²) in [5.74, 6) is -0.796. The average Bonchev–Trinajstić information content (AvgIpc) is 1.86. The molecule has 0 aliphatic rings. The number of nitrogens with one attached hydrogen (secondary N) is 1. The van der Waals surface area contributed by atoms with Gasteiger partial charge in [0, 0.05) is 13.1 Å². The van der Waals surface area contributed by atoms with E-state index in [0.29, 0.717) is 13.1 Å². The number of rotatable bonds is 5. The zero-order valence-corrected chi connectivity index (χ0v) is 6.42. The molecule has 0 saturated heterocycles. The topological polar surface area (TPSA) is 81.4 Å². The van der Waals surface area contributed by atoms with Crippen LogP contribution in [0.5, 0.6) is 0 Å². The van der Waals surface area contributed by atoms with E-state index in [2.05, 4.69) is 10.3 Å². The molecule has 0 amide bonds. The Hall–Kier alpha value is -0.940. The van der Waals surface area contributed by atoms with Crippen LogP contribution < -0.4 is 11.2 Å².